The molecule has 0 aromatic carbocycles. The Labute approximate surface area is 132 Å². The van der Waals surface area contributed by atoms with Gasteiger partial charge in [-0.2, -0.15) is 0 Å². The predicted molar refractivity (Wildman–Crippen MR) is 83.7 cm³/mol. The minimum absolute atomic E-state index is 0.0158. The monoisotopic (exact) mass is 312 g/mol. The fourth-order valence-electron chi connectivity index (χ4n) is 2.95. The Bertz CT molecular complexity index is 383. The van der Waals surface area contributed by atoms with Gasteiger partial charge in [0.15, 0.2) is 0 Å². The van der Waals surface area contributed by atoms with Crippen LogP contribution in [0.25, 0.3) is 0 Å². The maximum atomic E-state index is 12.3. The molecule has 2 aliphatic heterocycles. The van der Waals surface area contributed by atoms with Crippen LogP contribution in [0.3, 0.4) is 0 Å². The zero-order chi connectivity index (χ0) is 15.9. The summed E-state index contributed by atoms with van der Waals surface area (Å²) < 4.78 is 5.09. The van der Waals surface area contributed by atoms with Gasteiger partial charge in [-0.25, -0.2) is 4.79 Å². The molecule has 7 heteroatoms. The number of ether oxygens (including phenoxy) is 1. The van der Waals surface area contributed by atoms with Crippen LogP contribution in [-0.2, 0) is 9.53 Å². The third-order valence-corrected chi connectivity index (χ3v) is 4.49. The summed E-state index contributed by atoms with van der Waals surface area (Å²) in [5.41, 5.74) is 0. The first-order chi connectivity index (χ1) is 10.6. The fraction of sp³-hybridized carbons (Fsp3) is 0.867. The van der Waals surface area contributed by atoms with Gasteiger partial charge in [0.25, 0.3) is 0 Å². The molecule has 0 atom stereocenters. The number of hydrogen-bond donors (Lipinski definition) is 1. The number of rotatable bonds is 4. The number of nitrogens with zero attached hydrogens (tertiary/aromatic N) is 3. The first-order valence-corrected chi connectivity index (χ1v) is 8.11. The van der Waals surface area contributed by atoms with Crippen molar-refractivity contribution in [3.63, 3.8) is 0 Å². The lowest BCUT2D eigenvalue weighted by Crippen LogP contribution is -2.50. The predicted octanol–water partition coefficient (Wildman–Crippen LogP) is -0.0291. The van der Waals surface area contributed by atoms with Crippen LogP contribution < -0.4 is 5.32 Å². The second kappa shape index (κ2) is 8.33. The van der Waals surface area contributed by atoms with Gasteiger partial charge in [-0.1, -0.05) is 0 Å². The summed E-state index contributed by atoms with van der Waals surface area (Å²) in [6, 6.07) is 0.112. The molecule has 2 rings (SSSR count). The number of likely N-dealkylation sites (N-methyl/N-ethyl adjacent to an activating group) is 1. The van der Waals surface area contributed by atoms with E-state index in [4.69, 9.17) is 4.74 Å². The molecule has 0 radical (unpaired) electrons. The standard InChI is InChI=1S/C15H28N4O3/c1-17-6-3-7-19(12-14(17)20)15(21)16-13-4-8-18(9-5-13)10-11-22-2/h13H,3-12H2,1-2H3,(H,16,21). The number of likely N-dealkylation sites (tertiary alicyclic amines) is 1. The Balaban J connectivity index is 1.74. The van der Waals surface area contributed by atoms with E-state index in [1.807, 2.05) is 0 Å². The molecule has 0 spiro atoms. The second-order valence-electron chi connectivity index (χ2n) is 6.15. The largest absolute Gasteiger partial charge is 0.383 e. The first kappa shape index (κ1) is 17.0. The lowest BCUT2D eigenvalue weighted by Gasteiger charge is -2.33. The number of amides is 3. The summed E-state index contributed by atoms with van der Waals surface area (Å²) in [5.74, 6) is 0.0158. The Kier molecular flexibility index (Phi) is 6.45. The first-order valence-electron chi connectivity index (χ1n) is 8.11. The van der Waals surface area contributed by atoms with E-state index < -0.39 is 0 Å². The molecule has 2 aliphatic rings. The number of piperidine rings is 1. The normalized spacial score (nSPS) is 21.8. The lowest BCUT2D eigenvalue weighted by molar-refractivity contribution is -0.129. The van der Waals surface area contributed by atoms with Crippen molar-refractivity contribution in [1.29, 1.82) is 0 Å². The molecule has 2 saturated heterocycles. The van der Waals surface area contributed by atoms with Gasteiger partial charge in [-0.15, -0.1) is 0 Å². The van der Waals surface area contributed by atoms with Crippen LogP contribution in [-0.4, -0.2) is 92.7 Å². The van der Waals surface area contributed by atoms with E-state index in [-0.39, 0.29) is 24.5 Å². The Morgan fingerprint density at radius 3 is 2.68 bits per heavy atom. The number of carbonyl (C=O) groups excluding carboxylic acids is 2. The highest BCUT2D eigenvalue weighted by molar-refractivity contribution is 5.84. The highest BCUT2D eigenvalue weighted by Crippen LogP contribution is 2.11. The van der Waals surface area contributed by atoms with Crippen molar-refractivity contribution in [2.45, 2.75) is 25.3 Å². The molecule has 0 aromatic rings. The molecule has 0 unspecified atom stereocenters. The highest BCUT2D eigenvalue weighted by Gasteiger charge is 2.26. The number of methoxy groups -OCH3 is 1. The molecule has 0 saturated carbocycles. The average molecular weight is 312 g/mol. The van der Waals surface area contributed by atoms with Gasteiger partial charge in [0.2, 0.25) is 5.91 Å². The van der Waals surface area contributed by atoms with Gasteiger partial charge in [0.05, 0.1) is 6.61 Å². The van der Waals surface area contributed by atoms with Crippen LogP contribution in [0.15, 0.2) is 0 Å². The molecular formula is C15H28N4O3. The number of carbonyl (C=O) groups is 2. The topological polar surface area (TPSA) is 65.1 Å². The summed E-state index contributed by atoms with van der Waals surface area (Å²) in [6.45, 7) is 5.22. The number of hydrogen-bond acceptors (Lipinski definition) is 4. The van der Waals surface area contributed by atoms with Crippen LogP contribution in [0, 0.1) is 0 Å². The molecule has 1 N–H and O–H groups in total. The van der Waals surface area contributed by atoms with Crippen molar-refractivity contribution in [3.05, 3.63) is 0 Å². The third kappa shape index (κ3) is 4.84. The molecular weight excluding hydrogens is 284 g/mol. The van der Waals surface area contributed by atoms with E-state index in [0.717, 1.165) is 52.0 Å². The fourth-order valence-corrected chi connectivity index (χ4v) is 2.95. The van der Waals surface area contributed by atoms with Crippen LogP contribution >= 0.6 is 0 Å². The number of urea groups is 1. The summed E-state index contributed by atoms with van der Waals surface area (Å²) in [7, 11) is 3.51. The molecule has 2 fully saturated rings. The van der Waals surface area contributed by atoms with Gasteiger partial charge < -0.3 is 24.8 Å². The number of nitrogens with one attached hydrogen (secondary N) is 1. The van der Waals surface area contributed by atoms with Gasteiger partial charge in [-0.3, -0.25) is 4.79 Å². The lowest BCUT2D eigenvalue weighted by atomic mass is 10.1. The molecule has 2 heterocycles. The molecule has 0 aromatic heterocycles. The molecule has 22 heavy (non-hydrogen) atoms. The van der Waals surface area contributed by atoms with Crippen molar-refractivity contribution in [2.75, 3.05) is 60.0 Å². The van der Waals surface area contributed by atoms with Crippen molar-refractivity contribution >= 4 is 11.9 Å². The minimum Gasteiger partial charge on any atom is -0.383 e. The van der Waals surface area contributed by atoms with E-state index in [0.29, 0.717) is 6.54 Å². The van der Waals surface area contributed by atoms with Gasteiger partial charge in [0, 0.05) is 52.9 Å². The van der Waals surface area contributed by atoms with Crippen molar-refractivity contribution in [2.24, 2.45) is 0 Å². The zero-order valence-corrected chi connectivity index (χ0v) is 13.7. The van der Waals surface area contributed by atoms with Crippen molar-refractivity contribution in [3.8, 4) is 0 Å². The molecule has 126 valence electrons. The third-order valence-electron chi connectivity index (χ3n) is 4.49. The van der Waals surface area contributed by atoms with Gasteiger partial charge in [0.1, 0.15) is 6.54 Å². The SMILES string of the molecule is COCCN1CCC(NC(=O)N2CCCN(C)C(=O)C2)CC1. The summed E-state index contributed by atoms with van der Waals surface area (Å²) in [4.78, 5) is 29.9. The van der Waals surface area contributed by atoms with Crippen molar-refractivity contribution in [1.82, 2.24) is 20.0 Å². The van der Waals surface area contributed by atoms with Crippen molar-refractivity contribution < 1.29 is 14.3 Å². The van der Waals surface area contributed by atoms with Crippen LogP contribution in [0.1, 0.15) is 19.3 Å². The minimum atomic E-state index is -0.0982. The maximum Gasteiger partial charge on any atom is 0.318 e. The van der Waals surface area contributed by atoms with Crippen LogP contribution in [0.4, 0.5) is 4.79 Å². The maximum absolute atomic E-state index is 12.3. The quantitative estimate of drug-likeness (QED) is 0.792. The average Bonchev–Trinajstić information content (AvgIpc) is 2.68. The Morgan fingerprint density at radius 1 is 1.27 bits per heavy atom. The van der Waals surface area contributed by atoms with Crippen LogP contribution in [0.2, 0.25) is 0 Å². The second-order valence-corrected chi connectivity index (χ2v) is 6.15. The van der Waals surface area contributed by atoms with Crippen LogP contribution in [0.5, 0.6) is 0 Å². The summed E-state index contributed by atoms with van der Waals surface area (Å²) >= 11 is 0. The van der Waals surface area contributed by atoms with E-state index >= 15 is 0 Å². The summed E-state index contributed by atoms with van der Waals surface area (Å²) in [6.07, 6.45) is 2.75. The van der Waals surface area contributed by atoms with E-state index in [9.17, 15) is 9.59 Å². The van der Waals surface area contributed by atoms with E-state index in [2.05, 4.69) is 10.2 Å². The molecule has 7 nitrogen and oxygen atoms in total. The zero-order valence-electron chi connectivity index (χ0n) is 13.7. The van der Waals surface area contributed by atoms with E-state index in [1.165, 1.54) is 0 Å². The molecule has 0 bridgehead atoms. The molecule has 0 aliphatic carbocycles. The Hall–Kier alpha value is -1.34. The van der Waals surface area contributed by atoms with E-state index in [1.54, 1.807) is 24.0 Å². The smallest absolute Gasteiger partial charge is 0.318 e. The van der Waals surface area contributed by atoms with Gasteiger partial charge >= 0.3 is 6.03 Å². The molecule has 3 amide bonds. The summed E-state index contributed by atoms with van der Waals surface area (Å²) in [5, 5.41) is 3.09. The highest BCUT2D eigenvalue weighted by atomic mass is 16.5. The Morgan fingerprint density at radius 2 is 2.00 bits per heavy atom. The van der Waals surface area contributed by atoms with Gasteiger partial charge in [-0.05, 0) is 19.3 Å².